The molecule has 2 amide bonds. The van der Waals surface area contributed by atoms with Gasteiger partial charge in [-0.2, -0.15) is 0 Å². The normalized spacial score (nSPS) is 12.9. The lowest BCUT2D eigenvalue weighted by atomic mass is 10.1. The van der Waals surface area contributed by atoms with Crippen LogP contribution in [0.2, 0.25) is 5.02 Å². The van der Waals surface area contributed by atoms with E-state index in [2.05, 4.69) is 5.32 Å². The van der Waals surface area contributed by atoms with Gasteiger partial charge in [-0.15, -0.1) is 0 Å². The first-order valence-corrected chi connectivity index (χ1v) is 15.7. The molecule has 0 bridgehead atoms. The van der Waals surface area contributed by atoms with Crippen molar-refractivity contribution >= 4 is 39.1 Å². The van der Waals surface area contributed by atoms with Gasteiger partial charge in [-0.05, 0) is 93.6 Å². The molecule has 0 spiro atoms. The van der Waals surface area contributed by atoms with Gasteiger partial charge in [-0.25, -0.2) is 8.42 Å². The molecule has 0 heterocycles. The molecule has 0 aliphatic rings. The highest BCUT2D eigenvalue weighted by atomic mass is 35.5. The first-order valence-electron chi connectivity index (χ1n) is 13.9. The minimum absolute atomic E-state index is 0.0716. The van der Waals surface area contributed by atoms with E-state index in [9.17, 15) is 18.0 Å². The van der Waals surface area contributed by atoms with Crippen LogP contribution in [0.15, 0.2) is 71.6 Å². The van der Waals surface area contributed by atoms with Crippen molar-refractivity contribution in [3.05, 3.63) is 94.0 Å². The van der Waals surface area contributed by atoms with E-state index < -0.39 is 28.5 Å². The summed E-state index contributed by atoms with van der Waals surface area (Å²) in [6, 6.07) is 18.2. The Morgan fingerprint density at radius 2 is 1.44 bits per heavy atom. The zero-order chi connectivity index (χ0) is 30.3. The first-order chi connectivity index (χ1) is 19.3. The van der Waals surface area contributed by atoms with Crippen molar-refractivity contribution in [2.24, 2.45) is 0 Å². The smallest absolute Gasteiger partial charge is 0.264 e. The predicted octanol–water partition coefficient (Wildman–Crippen LogP) is 6.18. The van der Waals surface area contributed by atoms with Gasteiger partial charge in [-0.1, -0.05) is 61.3 Å². The van der Waals surface area contributed by atoms with Gasteiger partial charge in [0, 0.05) is 17.6 Å². The van der Waals surface area contributed by atoms with Crippen LogP contribution in [0.1, 0.15) is 55.9 Å². The van der Waals surface area contributed by atoms with E-state index in [4.69, 9.17) is 11.6 Å². The van der Waals surface area contributed by atoms with E-state index in [0.717, 1.165) is 33.0 Å². The molecule has 3 aromatic carbocycles. The number of amides is 2. The van der Waals surface area contributed by atoms with Crippen molar-refractivity contribution in [2.75, 3.05) is 10.8 Å². The molecule has 3 rings (SSSR count). The first kappa shape index (κ1) is 32.2. The fourth-order valence-electron chi connectivity index (χ4n) is 4.61. The maximum absolute atomic E-state index is 14.2. The van der Waals surface area contributed by atoms with E-state index in [0.29, 0.717) is 17.1 Å². The monoisotopic (exact) mass is 597 g/mol. The molecule has 0 aliphatic heterocycles. The highest BCUT2D eigenvalue weighted by Crippen LogP contribution is 2.27. The largest absolute Gasteiger partial charge is 0.352 e. The lowest BCUT2D eigenvalue weighted by molar-refractivity contribution is -0.140. The number of halogens is 1. The van der Waals surface area contributed by atoms with Crippen LogP contribution in [0.4, 0.5) is 5.69 Å². The van der Waals surface area contributed by atoms with Crippen molar-refractivity contribution in [1.82, 2.24) is 10.2 Å². The van der Waals surface area contributed by atoms with Crippen molar-refractivity contribution in [3.8, 4) is 0 Å². The molecule has 7 nitrogen and oxygen atoms in total. The Hall–Kier alpha value is -3.36. The molecule has 220 valence electrons. The summed E-state index contributed by atoms with van der Waals surface area (Å²) >= 11 is 6.09. The van der Waals surface area contributed by atoms with Gasteiger partial charge in [0.2, 0.25) is 11.8 Å². The molecule has 0 aliphatic carbocycles. The Morgan fingerprint density at radius 1 is 0.854 bits per heavy atom. The van der Waals surface area contributed by atoms with Gasteiger partial charge in [0.1, 0.15) is 12.6 Å². The van der Waals surface area contributed by atoms with Crippen LogP contribution in [0.25, 0.3) is 0 Å². The molecule has 9 heteroatoms. The molecular formula is C32H40ClN3O4S. The average Bonchev–Trinajstić information content (AvgIpc) is 2.92. The number of hydrogen-bond donors (Lipinski definition) is 1. The topological polar surface area (TPSA) is 86.8 Å². The fraction of sp³-hybridized carbons (Fsp3) is 0.375. The summed E-state index contributed by atoms with van der Waals surface area (Å²) in [6.07, 6.45) is 1.10. The van der Waals surface area contributed by atoms with Crippen LogP contribution < -0.4 is 9.62 Å². The molecule has 3 aromatic rings. The third-order valence-corrected chi connectivity index (χ3v) is 9.08. The van der Waals surface area contributed by atoms with Crippen molar-refractivity contribution < 1.29 is 18.0 Å². The van der Waals surface area contributed by atoms with Gasteiger partial charge < -0.3 is 10.2 Å². The van der Waals surface area contributed by atoms with E-state index in [-0.39, 0.29) is 23.4 Å². The Bertz CT molecular complexity index is 1440. The van der Waals surface area contributed by atoms with Crippen LogP contribution in [-0.2, 0) is 26.2 Å². The summed E-state index contributed by atoms with van der Waals surface area (Å²) in [5.74, 6) is -0.760. The number of carbonyl (C=O) groups is 2. The summed E-state index contributed by atoms with van der Waals surface area (Å²) in [5, 5.41) is 3.54. The average molecular weight is 598 g/mol. The second kappa shape index (κ2) is 14.0. The Labute approximate surface area is 249 Å². The number of anilines is 1. The summed E-state index contributed by atoms with van der Waals surface area (Å²) < 4.78 is 29.2. The van der Waals surface area contributed by atoms with Crippen molar-refractivity contribution in [2.45, 2.75) is 77.9 Å². The number of carbonyl (C=O) groups excluding carboxylic acids is 2. The van der Waals surface area contributed by atoms with Crippen molar-refractivity contribution in [3.63, 3.8) is 0 Å². The fourth-order valence-corrected chi connectivity index (χ4v) is 6.13. The standard InChI is InChI=1S/C32H40ClN3O4S/c1-7-25(6)34-32(38)30(8-2)35(20-26-11-13-27(33)14-12-26)31(37)21-36(28-18-23(4)17-24(5)19-28)41(39,40)29-15-9-22(3)10-16-29/h9-19,25,30H,7-8,20-21H2,1-6H3,(H,34,38)/t25-,30+/m1/s1. The van der Waals surface area contributed by atoms with E-state index in [1.807, 2.05) is 47.6 Å². The second-order valence-electron chi connectivity index (χ2n) is 10.6. The van der Waals surface area contributed by atoms with Crippen LogP contribution in [0.5, 0.6) is 0 Å². The predicted molar refractivity (Wildman–Crippen MR) is 166 cm³/mol. The third kappa shape index (κ3) is 8.33. The van der Waals surface area contributed by atoms with Crippen molar-refractivity contribution in [1.29, 1.82) is 0 Å². The Kier molecular flexibility index (Phi) is 11.0. The molecule has 0 radical (unpaired) electrons. The second-order valence-corrected chi connectivity index (χ2v) is 12.9. The summed E-state index contributed by atoms with van der Waals surface area (Å²) in [4.78, 5) is 29.1. The van der Waals surface area contributed by atoms with Crippen LogP contribution in [-0.4, -0.2) is 43.8 Å². The molecule has 1 N–H and O–H groups in total. The molecule has 0 saturated heterocycles. The third-order valence-electron chi connectivity index (χ3n) is 7.04. The van der Waals surface area contributed by atoms with Gasteiger partial charge in [0.15, 0.2) is 0 Å². The van der Waals surface area contributed by atoms with E-state index in [1.54, 1.807) is 60.7 Å². The number of aryl methyl sites for hydroxylation is 3. The number of hydrogen-bond acceptors (Lipinski definition) is 4. The molecule has 41 heavy (non-hydrogen) atoms. The summed E-state index contributed by atoms with van der Waals surface area (Å²) in [6.45, 7) is 11.0. The van der Waals surface area contributed by atoms with Crippen LogP contribution >= 0.6 is 11.6 Å². The zero-order valence-corrected chi connectivity index (χ0v) is 26.2. The Balaban J connectivity index is 2.09. The SMILES string of the molecule is CC[C@@H](C)NC(=O)[C@H](CC)N(Cc1ccc(Cl)cc1)C(=O)CN(c1cc(C)cc(C)c1)S(=O)(=O)c1ccc(C)cc1. The highest BCUT2D eigenvalue weighted by Gasteiger charge is 2.34. The maximum Gasteiger partial charge on any atom is 0.264 e. The lowest BCUT2D eigenvalue weighted by Crippen LogP contribution is -2.53. The van der Waals surface area contributed by atoms with Gasteiger partial charge in [0.25, 0.3) is 10.0 Å². The quantitative estimate of drug-likeness (QED) is 0.270. The van der Waals surface area contributed by atoms with E-state index in [1.165, 1.54) is 4.90 Å². The zero-order valence-electron chi connectivity index (χ0n) is 24.6. The molecule has 0 fully saturated rings. The summed E-state index contributed by atoms with van der Waals surface area (Å²) in [5.41, 5.74) is 3.82. The van der Waals surface area contributed by atoms with Gasteiger partial charge in [-0.3, -0.25) is 13.9 Å². The number of rotatable bonds is 12. The highest BCUT2D eigenvalue weighted by molar-refractivity contribution is 7.92. The van der Waals surface area contributed by atoms with Gasteiger partial charge in [0.05, 0.1) is 10.6 Å². The number of nitrogens with zero attached hydrogens (tertiary/aromatic N) is 2. The van der Waals surface area contributed by atoms with Crippen LogP contribution in [0.3, 0.4) is 0 Å². The number of benzene rings is 3. The number of sulfonamides is 1. The molecular weight excluding hydrogens is 558 g/mol. The van der Waals surface area contributed by atoms with Crippen LogP contribution in [0, 0.1) is 20.8 Å². The van der Waals surface area contributed by atoms with E-state index >= 15 is 0 Å². The van der Waals surface area contributed by atoms with Gasteiger partial charge >= 0.3 is 0 Å². The lowest BCUT2D eigenvalue weighted by Gasteiger charge is -2.34. The molecule has 0 saturated carbocycles. The minimum Gasteiger partial charge on any atom is -0.352 e. The Morgan fingerprint density at radius 3 is 1.98 bits per heavy atom. The molecule has 0 unspecified atom stereocenters. The maximum atomic E-state index is 14.2. The number of nitrogens with one attached hydrogen (secondary N) is 1. The molecule has 0 aromatic heterocycles. The minimum atomic E-state index is -4.12. The summed E-state index contributed by atoms with van der Waals surface area (Å²) in [7, 11) is -4.12. The molecule has 2 atom stereocenters.